The smallest absolute Gasteiger partial charge is 0.418 e. The van der Waals surface area contributed by atoms with E-state index in [2.05, 4.69) is 10.6 Å². The molecule has 2 aromatic carbocycles. The van der Waals surface area contributed by atoms with Gasteiger partial charge >= 0.3 is 12.2 Å². The molecule has 2 N–H and O–H groups in total. The second kappa shape index (κ2) is 8.27. The van der Waals surface area contributed by atoms with Crippen molar-refractivity contribution in [1.82, 2.24) is 5.32 Å². The highest BCUT2D eigenvalue weighted by molar-refractivity contribution is 5.90. The third-order valence-corrected chi connectivity index (χ3v) is 3.19. The van der Waals surface area contributed by atoms with Crippen LogP contribution >= 0.6 is 0 Å². The fourth-order valence-corrected chi connectivity index (χ4v) is 2.07. The van der Waals surface area contributed by atoms with Crippen LogP contribution in [0.2, 0.25) is 0 Å². The van der Waals surface area contributed by atoms with E-state index in [-0.39, 0.29) is 18.8 Å². The minimum atomic E-state index is -4.54. The van der Waals surface area contributed by atoms with Gasteiger partial charge in [-0.3, -0.25) is 0 Å². The molecule has 0 saturated carbocycles. The first-order valence-electron chi connectivity index (χ1n) is 7.38. The highest BCUT2D eigenvalue weighted by Gasteiger charge is 2.33. The Morgan fingerprint density at radius 1 is 1.04 bits per heavy atom. The normalized spacial score (nSPS) is 10.9. The summed E-state index contributed by atoms with van der Waals surface area (Å²) >= 11 is 0. The van der Waals surface area contributed by atoms with Crippen LogP contribution in [-0.2, 0) is 6.18 Å². The van der Waals surface area contributed by atoms with Crippen LogP contribution < -0.4 is 20.1 Å². The fourth-order valence-electron chi connectivity index (χ4n) is 2.07. The van der Waals surface area contributed by atoms with Gasteiger partial charge < -0.3 is 20.1 Å². The van der Waals surface area contributed by atoms with E-state index < -0.39 is 17.8 Å². The number of carbonyl (C=O) groups is 1. The summed E-state index contributed by atoms with van der Waals surface area (Å²) < 4.78 is 49.2. The Morgan fingerprint density at radius 2 is 1.68 bits per heavy atom. The molecule has 0 aliphatic rings. The summed E-state index contributed by atoms with van der Waals surface area (Å²) in [5.41, 5.74) is -1.21. The van der Waals surface area contributed by atoms with Gasteiger partial charge in [-0.2, -0.15) is 13.2 Å². The fraction of sp³-hybridized carbons (Fsp3) is 0.235. The first-order chi connectivity index (χ1) is 11.9. The molecule has 0 saturated heterocycles. The lowest BCUT2D eigenvalue weighted by atomic mass is 10.1. The van der Waals surface area contributed by atoms with Crippen LogP contribution in [-0.4, -0.2) is 26.3 Å². The summed E-state index contributed by atoms with van der Waals surface area (Å²) in [7, 11) is 1.51. The lowest BCUT2D eigenvalue weighted by Gasteiger charge is -2.14. The maximum atomic E-state index is 12.9. The standard InChI is InChI=1S/C17H17F3N2O3/c1-24-14-8-4-5-9-15(14)25-11-10-21-16(23)22-13-7-3-2-6-12(13)17(18,19)20/h2-9H,10-11H2,1H3,(H2,21,22,23). The minimum absolute atomic E-state index is 0.109. The van der Waals surface area contributed by atoms with E-state index in [0.717, 1.165) is 6.07 Å². The number of benzene rings is 2. The number of alkyl halides is 3. The molecule has 0 spiro atoms. The monoisotopic (exact) mass is 354 g/mol. The Kier molecular flexibility index (Phi) is 6.10. The maximum absolute atomic E-state index is 12.9. The molecule has 0 atom stereocenters. The molecule has 2 amide bonds. The van der Waals surface area contributed by atoms with Gasteiger partial charge in [0, 0.05) is 0 Å². The lowest BCUT2D eigenvalue weighted by Crippen LogP contribution is -2.32. The van der Waals surface area contributed by atoms with Crippen molar-refractivity contribution in [3.63, 3.8) is 0 Å². The van der Waals surface area contributed by atoms with Crippen LogP contribution in [0.25, 0.3) is 0 Å². The van der Waals surface area contributed by atoms with Gasteiger partial charge in [-0.15, -0.1) is 0 Å². The molecular formula is C17H17F3N2O3. The van der Waals surface area contributed by atoms with Crippen LogP contribution in [0.1, 0.15) is 5.56 Å². The van der Waals surface area contributed by atoms with Crippen molar-refractivity contribution >= 4 is 11.7 Å². The van der Waals surface area contributed by atoms with Crippen molar-refractivity contribution in [1.29, 1.82) is 0 Å². The van der Waals surface area contributed by atoms with Gasteiger partial charge in [0.2, 0.25) is 0 Å². The topological polar surface area (TPSA) is 59.6 Å². The summed E-state index contributed by atoms with van der Waals surface area (Å²) in [5.74, 6) is 1.06. The third kappa shape index (κ3) is 5.30. The van der Waals surface area contributed by atoms with Crippen LogP contribution in [0.4, 0.5) is 23.7 Å². The summed E-state index contributed by atoms with van der Waals surface area (Å²) in [6.45, 7) is 0.243. The van der Waals surface area contributed by atoms with Gasteiger partial charge in [0.1, 0.15) is 6.61 Å². The molecule has 0 bridgehead atoms. The molecule has 25 heavy (non-hydrogen) atoms. The van der Waals surface area contributed by atoms with Gasteiger partial charge in [0.05, 0.1) is 24.9 Å². The summed E-state index contributed by atoms with van der Waals surface area (Å²) in [5, 5.41) is 4.62. The minimum Gasteiger partial charge on any atom is -0.493 e. The van der Waals surface area contributed by atoms with Crippen LogP contribution in [0, 0.1) is 0 Å². The number of urea groups is 1. The molecule has 0 aromatic heterocycles. The predicted octanol–water partition coefficient (Wildman–Crippen LogP) is 3.91. The van der Waals surface area contributed by atoms with Crippen molar-refractivity contribution in [3.8, 4) is 11.5 Å². The third-order valence-electron chi connectivity index (χ3n) is 3.19. The van der Waals surface area contributed by atoms with E-state index in [0.29, 0.717) is 11.5 Å². The van der Waals surface area contributed by atoms with Gasteiger partial charge in [0.25, 0.3) is 0 Å². The van der Waals surface area contributed by atoms with E-state index in [9.17, 15) is 18.0 Å². The summed E-state index contributed by atoms with van der Waals surface area (Å²) in [6.07, 6.45) is -4.54. The molecule has 0 aliphatic carbocycles. The Balaban J connectivity index is 1.84. The van der Waals surface area contributed by atoms with Crippen molar-refractivity contribution < 1.29 is 27.4 Å². The number of hydrogen-bond donors (Lipinski definition) is 2. The zero-order chi connectivity index (χ0) is 18.3. The predicted molar refractivity (Wildman–Crippen MR) is 87.0 cm³/mol. The number of rotatable bonds is 6. The molecule has 5 nitrogen and oxygen atoms in total. The zero-order valence-corrected chi connectivity index (χ0v) is 13.4. The zero-order valence-electron chi connectivity index (χ0n) is 13.4. The molecule has 134 valence electrons. The molecule has 2 rings (SSSR count). The average Bonchev–Trinajstić information content (AvgIpc) is 2.58. The second-order valence-electron chi connectivity index (χ2n) is 4.92. The molecule has 0 aliphatic heterocycles. The largest absolute Gasteiger partial charge is 0.493 e. The Hall–Kier alpha value is -2.90. The van der Waals surface area contributed by atoms with Crippen LogP contribution in [0.3, 0.4) is 0 Å². The van der Waals surface area contributed by atoms with Crippen molar-refractivity contribution in [2.75, 3.05) is 25.6 Å². The van der Waals surface area contributed by atoms with Gasteiger partial charge in [-0.25, -0.2) is 4.79 Å². The van der Waals surface area contributed by atoms with Crippen molar-refractivity contribution in [2.24, 2.45) is 0 Å². The number of anilines is 1. The highest BCUT2D eigenvalue weighted by Crippen LogP contribution is 2.34. The van der Waals surface area contributed by atoms with Gasteiger partial charge in [-0.05, 0) is 24.3 Å². The number of halogens is 3. The number of ether oxygens (including phenoxy) is 2. The SMILES string of the molecule is COc1ccccc1OCCNC(=O)Nc1ccccc1C(F)(F)F. The number of methoxy groups -OCH3 is 1. The molecule has 0 radical (unpaired) electrons. The Morgan fingerprint density at radius 3 is 2.36 bits per heavy atom. The van der Waals surface area contributed by atoms with Crippen LogP contribution in [0.5, 0.6) is 11.5 Å². The lowest BCUT2D eigenvalue weighted by molar-refractivity contribution is -0.136. The number of para-hydroxylation sites is 3. The first-order valence-corrected chi connectivity index (χ1v) is 7.38. The molecule has 0 heterocycles. The molecule has 2 aromatic rings. The Bertz CT molecular complexity index is 720. The van der Waals surface area contributed by atoms with E-state index in [1.165, 1.54) is 25.3 Å². The molecule has 0 fully saturated rings. The highest BCUT2D eigenvalue weighted by atomic mass is 19.4. The van der Waals surface area contributed by atoms with Gasteiger partial charge in [-0.1, -0.05) is 24.3 Å². The van der Waals surface area contributed by atoms with E-state index in [1.54, 1.807) is 24.3 Å². The van der Waals surface area contributed by atoms with Crippen molar-refractivity contribution in [2.45, 2.75) is 6.18 Å². The summed E-state index contributed by atoms with van der Waals surface area (Å²) in [4.78, 5) is 11.8. The average molecular weight is 354 g/mol. The molecule has 8 heteroatoms. The quantitative estimate of drug-likeness (QED) is 0.773. The molecule has 0 unspecified atom stereocenters. The van der Waals surface area contributed by atoms with Gasteiger partial charge in [0.15, 0.2) is 11.5 Å². The number of hydrogen-bond acceptors (Lipinski definition) is 3. The Labute approximate surface area is 142 Å². The maximum Gasteiger partial charge on any atom is 0.418 e. The van der Waals surface area contributed by atoms with Crippen molar-refractivity contribution in [3.05, 3.63) is 54.1 Å². The first kappa shape index (κ1) is 18.4. The summed E-state index contributed by atoms with van der Waals surface area (Å²) in [6, 6.07) is 11.0. The number of amides is 2. The number of nitrogens with one attached hydrogen (secondary N) is 2. The van der Waals surface area contributed by atoms with E-state index in [4.69, 9.17) is 9.47 Å². The second-order valence-corrected chi connectivity index (χ2v) is 4.92. The van der Waals surface area contributed by atoms with Crippen LogP contribution in [0.15, 0.2) is 48.5 Å². The van der Waals surface area contributed by atoms with E-state index in [1.807, 2.05) is 0 Å². The van der Waals surface area contributed by atoms with E-state index >= 15 is 0 Å². The number of carbonyl (C=O) groups excluding carboxylic acids is 1. The molecular weight excluding hydrogens is 337 g/mol.